The van der Waals surface area contributed by atoms with Gasteiger partial charge in [0, 0.05) is 5.75 Å². The minimum atomic E-state index is -0.878. The van der Waals surface area contributed by atoms with E-state index >= 15 is 0 Å². The van der Waals surface area contributed by atoms with Gasteiger partial charge in [-0.25, -0.2) is 4.98 Å². The Hall–Kier alpha value is -2.35. The van der Waals surface area contributed by atoms with Crippen molar-refractivity contribution in [2.24, 2.45) is 0 Å². The number of para-hydroxylation sites is 1. The maximum atomic E-state index is 13.0. The van der Waals surface area contributed by atoms with Crippen LogP contribution in [0.3, 0.4) is 0 Å². The molecule has 0 bridgehead atoms. The first kappa shape index (κ1) is 18.4. The SMILES string of the molecule is CCOc1ccc(-n2c(SCC(O)CO)nc3ccccc3c2=O)cc1. The third-order valence-corrected chi connectivity index (χ3v) is 4.85. The van der Waals surface area contributed by atoms with Crippen LogP contribution in [-0.2, 0) is 0 Å². The van der Waals surface area contributed by atoms with Crippen molar-refractivity contribution in [1.29, 1.82) is 0 Å². The maximum Gasteiger partial charge on any atom is 0.266 e. The molecule has 136 valence electrons. The van der Waals surface area contributed by atoms with Crippen molar-refractivity contribution in [2.45, 2.75) is 18.2 Å². The fourth-order valence-electron chi connectivity index (χ4n) is 2.52. The molecule has 1 atom stereocenters. The van der Waals surface area contributed by atoms with Gasteiger partial charge in [0.25, 0.3) is 5.56 Å². The monoisotopic (exact) mass is 372 g/mol. The maximum absolute atomic E-state index is 13.0. The second-order valence-corrected chi connectivity index (χ2v) is 6.61. The lowest BCUT2D eigenvalue weighted by molar-refractivity contribution is 0.113. The normalized spacial score (nSPS) is 12.3. The molecule has 1 aromatic heterocycles. The molecule has 0 spiro atoms. The third kappa shape index (κ3) is 3.90. The van der Waals surface area contributed by atoms with E-state index in [-0.39, 0.29) is 17.9 Å². The van der Waals surface area contributed by atoms with Crippen molar-refractivity contribution in [3.8, 4) is 11.4 Å². The summed E-state index contributed by atoms with van der Waals surface area (Å²) in [6, 6.07) is 14.4. The Balaban J connectivity index is 2.11. The second-order valence-electron chi connectivity index (χ2n) is 5.63. The van der Waals surface area contributed by atoms with Crippen LogP contribution in [-0.4, -0.2) is 44.8 Å². The van der Waals surface area contributed by atoms with Gasteiger partial charge in [0.05, 0.1) is 35.9 Å². The number of thioether (sulfide) groups is 1. The quantitative estimate of drug-likeness (QED) is 0.489. The van der Waals surface area contributed by atoms with E-state index < -0.39 is 6.10 Å². The van der Waals surface area contributed by atoms with Crippen molar-refractivity contribution in [3.63, 3.8) is 0 Å². The van der Waals surface area contributed by atoms with Crippen molar-refractivity contribution in [2.75, 3.05) is 19.0 Å². The van der Waals surface area contributed by atoms with Crippen LogP contribution in [0.5, 0.6) is 5.75 Å². The van der Waals surface area contributed by atoms with Gasteiger partial charge in [0.15, 0.2) is 5.16 Å². The molecule has 7 heteroatoms. The summed E-state index contributed by atoms with van der Waals surface area (Å²) in [5, 5.41) is 19.7. The van der Waals surface area contributed by atoms with Crippen LogP contribution in [0.1, 0.15) is 6.92 Å². The molecule has 1 heterocycles. The molecule has 1 unspecified atom stereocenters. The summed E-state index contributed by atoms with van der Waals surface area (Å²) < 4.78 is 6.97. The second kappa shape index (κ2) is 8.35. The van der Waals surface area contributed by atoms with Gasteiger partial charge in [-0.05, 0) is 43.3 Å². The molecule has 3 rings (SSSR count). The van der Waals surface area contributed by atoms with Crippen molar-refractivity contribution in [1.82, 2.24) is 9.55 Å². The number of aromatic nitrogens is 2. The first-order chi connectivity index (χ1) is 12.6. The Labute approximate surface area is 155 Å². The van der Waals surface area contributed by atoms with E-state index in [1.807, 2.05) is 13.0 Å². The highest BCUT2D eigenvalue weighted by atomic mass is 32.2. The van der Waals surface area contributed by atoms with Gasteiger partial charge in [-0.1, -0.05) is 23.9 Å². The number of hydrogen-bond donors (Lipinski definition) is 2. The fraction of sp³-hybridized carbons (Fsp3) is 0.263. The predicted molar refractivity (Wildman–Crippen MR) is 102 cm³/mol. The minimum Gasteiger partial charge on any atom is -0.494 e. The lowest BCUT2D eigenvalue weighted by atomic mass is 10.2. The number of ether oxygens (including phenoxy) is 1. The summed E-state index contributed by atoms with van der Waals surface area (Å²) in [7, 11) is 0. The summed E-state index contributed by atoms with van der Waals surface area (Å²) in [6.45, 7) is 2.14. The summed E-state index contributed by atoms with van der Waals surface area (Å²) in [4.78, 5) is 17.6. The van der Waals surface area contributed by atoms with Crippen LogP contribution in [0, 0.1) is 0 Å². The standard InChI is InChI=1S/C19H20N2O4S/c1-2-25-15-9-7-13(8-10-15)21-18(24)16-5-3-4-6-17(16)20-19(21)26-12-14(23)11-22/h3-10,14,22-23H,2,11-12H2,1H3. The van der Waals surface area contributed by atoms with E-state index in [1.54, 1.807) is 42.5 Å². The molecule has 0 saturated carbocycles. The number of fused-ring (bicyclic) bond motifs is 1. The van der Waals surface area contributed by atoms with E-state index in [0.29, 0.717) is 28.4 Å². The zero-order valence-corrected chi connectivity index (χ0v) is 15.1. The van der Waals surface area contributed by atoms with Gasteiger partial charge >= 0.3 is 0 Å². The first-order valence-electron chi connectivity index (χ1n) is 8.30. The number of benzene rings is 2. The van der Waals surface area contributed by atoms with Crippen molar-refractivity contribution in [3.05, 3.63) is 58.9 Å². The average molecular weight is 372 g/mol. The van der Waals surface area contributed by atoms with Crippen molar-refractivity contribution < 1.29 is 14.9 Å². The fourth-order valence-corrected chi connectivity index (χ4v) is 3.45. The first-order valence-corrected chi connectivity index (χ1v) is 9.29. The molecule has 0 fully saturated rings. The zero-order chi connectivity index (χ0) is 18.5. The van der Waals surface area contributed by atoms with Gasteiger partial charge < -0.3 is 14.9 Å². The van der Waals surface area contributed by atoms with Gasteiger partial charge in [-0.15, -0.1) is 0 Å². The van der Waals surface area contributed by atoms with Crippen LogP contribution in [0.2, 0.25) is 0 Å². The highest BCUT2D eigenvalue weighted by Crippen LogP contribution is 2.23. The van der Waals surface area contributed by atoms with E-state index in [2.05, 4.69) is 4.98 Å². The summed E-state index contributed by atoms with van der Waals surface area (Å²) >= 11 is 1.23. The molecule has 26 heavy (non-hydrogen) atoms. The van der Waals surface area contributed by atoms with Crippen molar-refractivity contribution >= 4 is 22.7 Å². The van der Waals surface area contributed by atoms with Crippen LogP contribution in [0.4, 0.5) is 0 Å². The molecule has 0 aliphatic carbocycles. The number of nitrogens with zero attached hydrogens (tertiary/aromatic N) is 2. The summed E-state index contributed by atoms with van der Waals surface area (Å²) in [5.41, 5.74) is 1.08. The predicted octanol–water partition coefficient (Wildman–Crippen LogP) is 2.23. The number of aliphatic hydroxyl groups excluding tert-OH is 2. The van der Waals surface area contributed by atoms with Crippen LogP contribution >= 0.6 is 11.8 Å². The van der Waals surface area contributed by atoms with E-state index in [9.17, 15) is 9.90 Å². The summed E-state index contributed by atoms with van der Waals surface area (Å²) in [5.74, 6) is 0.959. The molecule has 0 saturated heterocycles. The molecular formula is C19H20N2O4S. The highest BCUT2D eigenvalue weighted by molar-refractivity contribution is 7.99. The number of hydrogen-bond acceptors (Lipinski definition) is 6. The van der Waals surface area contributed by atoms with E-state index in [0.717, 1.165) is 5.75 Å². The van der Waals surface area contributed by atoms with Crippen LogP contribution in [0.25, 0.3) is 16.6 Å². The molecule has 6 nitrogen and oxygen atoms in total. The minimum absolute atomic E-state index is 0.180. The third-order valence-electron chi connectivity index (χ3n) is 3.77. The lowest BCUT2D eigenvalue weighted by Gasteiger charge is -2.14. The highest BCUT2D eigenvalue weighted by Gasteiger charge is 2.15. The molecule has 2 aromatic carbocycles. The van der Waals surface area contributed by atoms with Gasteiger partial charge in [-0.2, -0.15) is 0 Å². The average Bonchev–Trinajstić information content (AvgIpc) is 2.67. The smallest absolute Gasteiger partial charge is 0.266 e. The van der Waals surface area contributed by atoms with Gasteiger partial charge in [-0.3, -0.25) is 9.36 Å². The summed E-state index contributed by atoms with van der Waals surface area (Å²) in [6.07, 6.45) is -0.878. The van der Waals surface area contributed by atoms with Crippen LogP contribution in [0.15, 0.2) is 58.5 Å². The molecule has 0 aliphatic rings. The Morgan fingerprint density at radius 3 is 2.62 bits per heavy atom. The molecule has 0 radical (unpaired) electrons. The molecule has 0 amide bonds. The Morgan fingerprint density at radius 1 is 1.19 bits per heavy atom. The van der Waals surface area contributed by atoms with E-state index in [4.69, 9.17) is 9.84 Å². The molecule has 0 aliphatic heterocycles. The largest absolute Gasteiger partial charge is 0.494 e. The topological polar surface area (TPSA) is 84.6 Å². The molecule has 2 N–H and O–H groups in total. The Bertz CT molecular complexity index is 940. The molecular weight excluding hydrogens is 352 g/mol. The van der Waals surface area contributed by atoms with Gasteiger partial charge in [0.2, 0.25) is 0 Å². The lowest BCUT2D eigenvalue weighted by Crippen LogP contribution is -2.23. The Kier molecular flexibility index (Phi) is 5.92. The molecule has 3 aromatic rings. The van der Waals surface area contributed by atoms with Crippen LogP contribution < -0.4 is 10.3 Å². The zero-order valence-electron chi connectivity index (χ0n) is 14.3. The number of aliphatic hydroxyl groups is 2. The van der Waals surface area contributed by atoms with E-state index in [1.165, 1.54) is 16.3 Å². The van der Waals surface area contributed by atoms with Gasteiger partial charge in [0.1, 0.15) is 5.75 Å². The number of rotatable bonds is 7. The Morgan fingerprint density at radius 2 is 1.92 bits per heavy atom.